The molecular formula is C9H13ClINO. The molecule has 0 amide bonds. The normalized spacial score (nSPS) is 18.5. The molecule has 0 saturated carbocycles. The lowest BCUT2D eigenvalue weighted by atomic mass is 10.1. The van der Waals surface area contributed by atoms with Crippen molar-refractivity contribution in [3.63, 3.8) is 0 Å². The topological polar surface area (TPSA) is 57.5 Å². The Morgan fingerprint density at radius 1 is 1.23 bits per heavy atom. The summed E-state index contributed by atoms with van der Waals surface area (Å²) in [6.07, 6.45) is 2.12. The Labute approximate surface area is 97.8 Å². The smallest absolute Gasteiger partial charge is 0.0133 e. The highest BCUT2D eigenvalue weighted by atomic mass is 127. The van der Waals surface area contributed by atoms with E-state index < -0.39 is 0 Å². The van der Waals surface area contributed by atoms with Gasteiger partial charge in [-0.25, -0.2) is 0 Å². The van der Waals surface area contributed by atoms with E-state index in [4.69, 9.17) is 5.73 Å². The molecule has 13 heavy (non-hydrogen) atoms. The first kappa shape index (κ1) is 13.2. The van der Waals surface area contributed by atoms with Gasteiger partial charge in [0.1, 0.15) is 0 Å². The van der Waals surface area contributed by atoms with Crippen LogP contribution >= 0.6 is 35.0 Å². The molecule has 1 unspecified atom stereocenters. The molecule has 0 aromatic heterocycles. The third-order valence-corrected chi connectivity index (χ3v) is 2.80. The molecular weight excluding hydrogens is 300 g/mol. The number of benzene rings is 1. The largest absolute Gasteiger partial charge is 0.412 e. The van der Waals surface area contributed by atoms with Crippen molar-refractivity contribution in [2.75, 3.05) is 0 Å². The average Bonchev–Trinajstić information content (AvgIpc) is 2.27. The average molecular weight is 314 g/mol. The number of nitrogens with two attached hydrogens (primary N) is 1. The van der Waals surface area contributed by atoms with Crippen molar-refractivity contribution >= 4 is 35.0 Å². The summed E-state index contributed by atoms with van der Waals surface area (Å²) in [6, 6.07) is 6.95. The van der Waals surface area contributed by atoms with Crippen molar-refractivity contribution in [2.45, 2.75) is 18.9 Å². The van der Waals surface area contributed by atoms with Crippen LogP contribution in [-0.2, 0) is 12.8 Å². The minimum atomic E-state index is 0. The standard InChI is InChI=1S/C9H10IN.ClH.H2O/c10-8-2-1-6-4-9(11)5-7(6)3-8;;/h1-3,9H,4-5,11H2;1H;1H2. The van der Waals surface area contributed by atoms with Crippen molar-refractivity contribution < 1.29 is 5.48 Å². The summed E-state index contributed by atoms with van der Waals surface area (Å²) in [6.45, 7) is 0. The Kier molecular flexibility index (Phi) is 5.21. The second kappa shape index (κ2) is 5.14. The molecule has 0 aliphatic heterocycles. The van der Waals surface area contributed by atoms with Crippen LogP contribution in [0.15, 0.2) is 18.2 Å². The molecule has 0 heterocycles. The van der Waals surface area contributed by atoms with E-state index in [0.29, 0.717) is 6.04 Å². The molecule has 0 saturated heterocycles. The van der Waals surface area contributed by atoms with Gasteiger partial charge in [0.15, 0.2) is 0 Å². The van der Waals surface area contributed by atoms with Gasteiger partial charge in [0.2, 0.25) is 0 Å². The Morgan fingerprint density at radius 2 is 1.85 bits per heavy atom. The maximum Gasteiger partial charge on any atom is 0.0133 e. The highest BCUT2D eigenvalue weighted by Crippen LogP contribution is 2.22. The molecule has 4 N–H and O–H groups in total. The van der Waals surface area contributed by atoms with Gasteiger partial charge in [-0.3, -0.25) is 0 Å². The summed E-state index contributed by atoms with van der Waals surface area (Å²) >= 11 is 2.34. The summed E-state index contributed by atoms with van der Waals surface area (Å²) in [5, 5.41) is 0. The minimum absolute atomic E-state index is 0. The van der Waals surface area contributed by atoms with Crippen molar-refractivity contribution in [3.05, 3.63) is 32.9 Å². The molecule has 0 fully saturated rings. The van der Waals surface area contributed by atoms with Gasteiger partial charge in [0.05, 0.1) is 0 Å². The van der Waals surface area contributed by atoms with Gasteiger partial charge in [0.25, 0.3) is 0 Å². The number of halogens is 2. The predicted molar refractivity (Wildman–Crippen MR) is 65.4 cm³/mol. The van der Waals surface area contributed by atoms with Crippen LogP contribution in [0.3, 0.4) is 0 Å². The number of fused-ring (bicyclic) bond motifs is 1. The lowest BCUT2D eigenvalue weighted by molar-refractivity contribution is 0.721. The van der Waals surface area contributed by atoms with Gasteiger partial charge in [-0.1, -0.05) is 6.07 Å². The number of hydrogen-bond donors (Lipinski definition) is 1. The van der Waals surface area contributed by atoms with Gasteiger partial charge in [-0.05, 0) is 58.7 Å². The number of hydrogen-bond acceptors (Lipinski definition) is 1. The van der Waals surface area contributed by atoms with Crippen LogP contribution in [0.25, 0.3) is 0 Å². The molecule has 1 aromatic carbocycles. The van der Waals surface area contributed by atoms with E-state index in [9.17, 15) is 0 Å². The van der Waals surface area contributed by atoms with E-state index in [0.717, 1.165) is 12.8 Å². The summed E-state index contributed by atoms with van der Waals surface area (Å²) < 4.78 is 1.32. The van der Waals surface area contributed by atoms with Crippen LogP contribution in [0.2, 0.25) is 0 Å². The van der Waals surface area contributed by atoms with Crippen LogP contribution in [0.5, 0.6) is 0 Å². The summed E-state index contributed by atoms with van der Waals surface area (Å²) in [5.41, 5.74) is 8.72. The van der Waals surface area contributed by atoms with Gasteiger partial charge in [-0.2, -0.15) is 0 Å². The molecule has 1 atom stereocenters. The van der Waals surface area contributed by atoms with Crippen molar-refractivity contribution in [1.29, 1.82) is 0 Å². The first-order valence-electron chi connectivity index (χ1n) is 3.78. The zero-order valence-corrected chi connectivity index (χ0v) is 10.1. The fourth-order valence-corrected chi connectivity index (χ4v) is 2.18. The van der Waals surface area contributed by atoms with Crippen molar-refractivity contribution in [1.82, 2.24) is 0 Å². The summed E-state index contributed by atoms with van der Waals surface area (Å²) in [5.74, 6) is 0. The summed E-state index contributed by atoms with van der Waals surface area (Å²) in [4.78, 5) is 0. The molecule has 0 radical (unpaired) electrons. The second-order valence-electron chi connectivity index (χ2n) is 3.08. The highest BCUT2D eigenvalue weighted by Gasteiger charge is 2.17. The van der Waals surface area contributed by atoms with E-state index in [1.807, 2.05) is 0 Å². The van der Waals surface area contributed by atoms with Gasteiger partial charge in [0, 0.05) is 9.61 Å². The van der Waals surface area contributed by atoms with E-state index in [2.05, 4.69) is 40.8 Å². The van der Waals surface area contributed by atoms with E-state index in [1.165, 1.54) is 14.7 Å². The SMILES string of the molecule is Cl.NC1Cc2ccc(I)cc2C1.O. The van der Waals surface area contributed by atoms with Crippen LogP contribution in [0, 0.1) is 3.57 Å². The zero-order chi connectivity index (χ0) is 7.84. The third-order valence-electron chi connectivity index (χ3n) is 2.13. The second-order valence-corrected chi connectivity index (χ2v) is 4.33. The van der Waals surface area contributed by atoms with Crippen molar-refractivity contribution in [2.24, 2.45) is 5.73 Å². The molecule has 1 aliphatic carbocycles. The lowest BCUT2D eigenvalue weighted by Crippen LogP contribution is -2.18. The Hall–Kier alpha value is 0.160. The molecule has 0 bridgehead atoms. The first-order valence-corrected chi connectivity index (χ1v) is 4.86. The lowest BCUT2D eigenvalue weighted by Gasteiger charge is -1.96. The Morgan fingerprint density at radius 3 is 2.54 bits per heavy atom. The van der Waals surface area contributed by atoms with Gasteiger partial charge >= 0.3 is 0 Å². The molecule has 1 aliphatic rings. The van der Waals surface area contributed by atoms with Crippen LogP contribution in [-0.4, -0.2) is 11.5 Å². The third kappa shape index (κ3) is 2.80. The van der Waals surface area contributed by atoms with E-state index in [1.54, 1.807) is 0 Å². The van der Waals surface area contributed by atoms with Gasteiger partial charge in [-0.15, -0.1) is 12.4 Å². The molecule has 4 heteroatoms. The maximum atomic E-state index is 5.83. The van der Waals surface area contributed by atoms with Crippen LogP contribution in [0.1, 0.15) is 11.1 Å². The fourth-order valence-electron chi connectivity index (χ4n) is 1.62. The number of rotatable bonds is 0. The minimum Gasteiger partial charge on any atom is -0.412 e. The van der Waals surface area contributed by atoms with E-state index >= 15 is 0 Å². The fraction of sp³-hybridized carbons (Fsp3) is 0.333. The quantitative estimate of drug-likeness (QED) is 0.722. The molecule has 2 nitrogen and oxygen atoms in total. The zero-order valence-electron chi connectivity index (χ0n) is 7.09. The molecule has 74 valence electrons. The van der Waals surface area contributed by atoms with Crippen molar-refractivity contribution in [3.8, 4) is 0 Å². The Bertz CT molecular complexity index is 293. The highest BCUT2D eigenvalue weighted by molar-refractivity contribution is 14.1. The first-order chi connectivity index (χ1) is 5.25. The van der Waals surface area contributed by atoms with E-state index in [-0.39, 0.29) is 17.9 Å². The monoisotopic (exact) mass is 313 g/mol. The predicted octanol–water partition coefficient (Wildman–Crippen LogP) is 1.31. The van der Waals surface area contributed by atoms with Crippen LogP contribution < -0.4 is 5.73 Å². The Balaban J connectivity index is 0.000000720. The molecule has 1 aromatic rings. The summed E-state index contributed by atoms with van der Waals surface area (Å²) in [7, 11) is 0. The van der Waals surface area contributed by atoms with Crippen LogP contribution in [0.4, 0.5) is 0 Å². The van der Waals surface area contributed by atoms with Gasteiger partial charge < -0.3 is 11.2 Å². The molecule has 2 rings (SSSR count). The maximum absolute atomic E-state index is 5.83. The molecule has 0 spiro atoms.